The van der Waals surface area contributed by atoms with Gasteiger partial charge in [0.2, 0.25) is 5.91 Å². The normalized spacial score (nSPS) is 22.9. The lowest BCUT2D eigenvalue weighted by molar-refractivity contribution is -0.137. The number of hydrogen-bond acceptors (Lipinski definition) is 3. The van der Waals surface area contributed by atoms with E-state index in [-0.39, 0.29) is 30.4 Å². The van der Waals surface area contributed by atoms with E-state index in [1.165, 1.54) is 0 Å². The van der Waals surface area contributed by atoms with E-state index in [2.05, 4.69) is 5.32 Å². The molecule has 2 heterocycles. The van der Waals surface area contributed by atoms with E-state index in [1.807, 2.05) is 11.8 Å². The Bertz CT molecular complexity index is 426. The highest BCUT2D eigenvalue weighted by Gasteiger charge is 2.37. The zero-order chi connectivity index (χ0) is 15.4. The first-order chi connectivity index (χ1) is 10.0. The molecule has 2 rings (SSSR count). The summed E-state index contributed by atoms with van der Waals surface area (Å²) >= 11 is 0. The summed E-state index contributed by atoms with van der Waals surface area (Å²) in [6.07, 6.45) is 2.79. The van der Waals surface area contributed by atoms with Crippen LogP contribution in [0.1, 0.15) is 39.0 Å². The lowest BCUT2D eigenvalue weighted by Crippen LogP contribution is -2.56. The van der Waals surface area contributed by atoms with Crippen molar-refractivity contribution in [3.63, 3.8) is 0 Å². The first-order valence-corrected chi connectivity index (χ1v) is 7.58. The number of urea groups is 1. The molecule has 118 valence electrons. The van der Waals surface area contributed by atoms with E-state index in [9.17, 15) is 14.4 Å². The van der Waals surface area contributed by atoms with Gasteiger partial charge in [-0.1, -0.05) is 13.3 Å². The fraction of sp³-hybridized carbons (Fsp3) is 0.786. The summed E-state index contributed by atoms with van der Waals surface area (Å²) < 4.78 is 0. The van der Waals surface area contributed by atoms with Crippen LogP contribution >= 0.6 is 0 Å². The minimum absolute atomic E-state index is 0.0541. The number of piperazine rings is 1. The summed E-state index contributed by atoms with van der Waals surface area (Å²) in [6.45, 7) is 3.60. The van der Waals surface area contributed by atoms with Gasteiger partial charge >= 0.3 is 12.0 Å². The summed E-state index contributed by atoms with van der Waals surface area (Å²) in [6, 6.07) is -0.418. The maximum Gasteiger partial charge on any atom is 0.317 e. The third kappa shape index (κ3) is 3.86. The highest BCUT2D eigenvalue weighted by atomic mass is 16.4. The van der Waals surface area contributed by atoms with Crippen LogP contribution in [0.25, 0.3) is 0 Å². The van der Waals surface area contributed by atoms with Gasteiger partial charge in [0.05, 0.1) is 6.42 Å². The lowest BCUT2D eigenvalue weighted by Gasteiger charge is -2.38. The Morgan fingerprint density at radius 2 is 2.19 bits per heavy atom. The molecular formula is C14H23N3O4. The van der Waals surface area contributed by atoms with Crippen LogP contribution in [-0.2, 0) is 9.59 Å². The average Bonchev–Trinajstić information content (AvgIpc) is 2.79. The predicted octanol–water partition coefficient (Wildman–Crippen LogP) is 0.646. The van der Waals surface area contributed by atoms with Gasteiger partial charge < -0.3 is 20.2 Å². The number of carbonyl (C=O) groups excluding carboxylic acids is 2. The number of carboxylic acid groups (broad SMARTS) is 1. The number of carbonyl (C=O) groups is 3. The first-order valence-electron chi connectivity index (χ1n) is 7.58. The molecular weight excluding hydrogens is 274 g/mol. The molecule has 2 saturated heterocycles. The van der Waals surface area contributed by atoms with E-state index in [1.54, 1.807) is 4.90 Å². The molecule has 0 bridgehead atoms. The van der Waals surface area contributed by atoms with Gasteiger partial charge in [-0.2, -0.15) is 0 Å². The van der Waals surface area contributed by atoms with Crippen molar-refractivity contribution in [2.45, 2.75) is 51.1 Å². The van der Waals surface area contributed by atoms with Crippen LogP contribution < -0.4 is 5.32 Å². The van der Waals surface area contributed by atoms with E-state index < -0.39 is 5.97 Å². The van der Waals surface area contributed by atoms with Crippen molar-refractivity contribution in [2.75, 3.05) is 19.6 Å². The van der Waals surface area contributed by atoms with E-state index in [0.717, 1.165) is 12.8 Å². The summed E-state index contributed by atoms with van der Waals surface area (Å²) in [4.78, 5) is 38.2. The van der Waals surface area contributed by atoms with Crippen LogP contribution in [0.2, 0.25) is 0 Å². The Balaban J connectivity index is 1.88. The van der Waals surface area contributed by atoms with Crippen molar-refractivity contribution in [3.8, 4) is 0 Å². The maximum absolute atomic E-state index is 12.3. The van der Waals surface area contributed by atoms with Crippen LogP contribution in [0.5, 0.6) is 0 Å². The highest BCUT2D eigenvalue weighted by molar-refractivity contribution is 5.80. The molecule has 0 aromatic carbocycles. The Morgan fingerprint density at radius 1 is 1.43 bits per heavy atom. The van der Waals surface area contributed by atoms with Crippen molar-refractivity contribution >= 4 is 17.9 Å². The molecule has 0 aromatic heterocycles. The Morgan fingerprint density at radius 3 is 2.86 bits per heavy atom. The van der Waals surface area contributed by atoms with E-state index in [0.29, 0.717) is 32.5 Å². The molecule has 0 spiro atoms. The third-order valence-corrected chi connectivity index (χ3v) is 4.17. The second-order valence-corrected chi connectivity index (χ2v) is 5.76. The van der Waals surface area contributed by atoms with Crippen LogP contribution in [0.15, 0.2) is 0 Å². The second kappa shape index (κ2) is 6.78. The van der Waals surface area contributed by atoms with E-state index in [4.69, 9.17) is 5.11 Å². The van der Waals surface area contributed by atoms with Crippen LogP contribution in [0, 0.1) is 0 Å². The summed E-state index contributed by atoms with van der Waals surface area (Å²) in [7, 11) is 0. The molecule has 3 amide bonds. The minimum Gasteiger partial charge on any atom is -0.481 e. The molecule has 2 atom stereocenters. The lowest BCUT2D eigenvalue weighted by atomic mass is 10.1. The molecule has 2 aliphatic heterocycles. The van der Waals surface area contributed by atoms with Crippen molar-refractivity contribution in [2.24, 2.45) is 0 Å². The van der Waals surface area contributed by atoms with Gasteiger partial charge in [-0.05, 0) is 12.8 Å². The summed E-state index contributed by atoms with van der Waals surface area (Å²) in [5, 5.41) is 11.7. The van der Waals surface area contributed by atoms with E-state index >= 15 is 0 Å². The van der Waals surface area contributed by atoms with Crippen molar-refractivity contribution in [1.82, 2.24) is 15.1 Å². The van der Waals surface area contributed by atoms with Crippen LogP contribution in [0.4, 0.5) is 4.79 Å². The average molecular weight is 297 g/mol. The third-order valence-electron chi connectivity index (χ3n) is 4.17. The topological polar surface area (TPSA) is 89.9 Å². The molecule has 21 heavy (non-hydrogen) atoms. The number of nitrogens with zero attached hydrogens (tertiary/aromatic N) is 2. The number of nitrogens with one attached hydrogen (secondary N) is 1. The fourth-order valence-electron chi connectivity index (χ4n) is 3.10. The monoisotopic (exact) mass is 297 g/mol. The standard InChI is InChI=1S/C14H23N3O4/c1-2-3-10(8-13(19)20)15-14(21)16-6-7-17-11(9-16)4-5-12(17)18/h10-11H,2-9H2,1H3,(H,15,21)(H,19,20). The molecule has 0 aromatic rings. The first kappa shape index (κ1) is 15.6. The molecule has 7 heteroatoms. The smallest absolute Gasteiger partial charge is 0.317 e. The minimum atomic E-state index is -0.903. The summed E-state index contributed by atoms with van der Waals surface area (Å²) in [5.74, 6) is -0.727. The molecule has 2 aliphatic rings. The molecule has 0 aliphatic carbocycles. The zero-order valence-electron chi connectivity index (χ0n) is 12.4. The number of fused-ring (bicyclic) bond motifs is 1. The number of amides is 3. The van der Waals surface area contributed by atoms with Crippen LogP contribution in [-0.4, -0.2) is 64.5 Å². The number of carboxylic acids is 1. The Labute approximate surface area is 124 Å². The quantitative estimate of drug-likeness (QED) is 0.779. The molecule has 2 unspecified atom stereocenters. The largest absolute Gasteiger partial charge is 0.481 e. The number of hydrogen-bond donors (Lipinski definition) is 2. The Hall–Kier alpha value is -1.79. The maximum atomic E-state index is 12.3. The summed E-state index contributed by atoms with van der Waals surface area (Å²) in [5.41, 5.74) is 0. The predicted molar refractivity (Wildman–Crippen MR) is 75.8 cm³/mol. The van der Waals surface area contributed by atoms with Crippen molar-refractivity contribution < 1.29 is 19.5 Å². The van der Waals surface area contributed by atoms with Gasteiger partial charge in [0.25, 0.3) is 0 Å². The van der Waals surface area contributed by atoms with Gasteiger partial charge in [0.1, 0.15) is 0 Å². The fourth-order valence-corrected chi connectivity index (χ4v) is 3.10. The molecule has 2 fully saturated rings. The number of aliphatic carboxylic acids is 1. The Kier molecular flexibility index (Phi) is 5.03. The molecule has 7 nitrogen and oxygen atoms in total. The van der Waals surface area contributed by atoms with Crippen LogP contribution in [0.3, 0.4) is 0 Å². The SMILES string of the molecule is CCCC(CC(=O)O)NC(=O)N1CCN2C(=O)CCC2C1. The van der Waals surface area contributed by atoms with Crippen molar-refractivity contribution in [3.05, 3.63) is 0 Å². The van der Waals surface area contributed by atoms with Gasteiger partial charge in [-0.25, -0.2) is 4.79 Å². The molecule has 0 radical (unpaired) electrons. The van der Waals surface area contributed by atoms with Gasteiger partial charge in [0.15, 0.2) is 0 Å². The van der Waals surface area contributed by atoms with Crippen molar-refractivity contribution in [1.29, 1.82) is 0 Å². The molecule has 2 N–H and O–H groups in total. The van der Waals surface area contributed by atoms with Gasteiger partial charge in [-0.3, -0.25) is 9.59 Å². The van der Waals surface area contributed by atoms with Gasteiger partial charge in [0, 0.05) is 38.1 Å². The highest BCUT2D eigenvalue weighted by Crippen LogP contribution is 2.22. The molecule has 0 saturated carbocycles. The van der Waals surface area contributed by atoms with Gasteiger partial charge in [-0.15, -0.1) is 0 Å². The zero-order valence-corrected chi connectivity index (χ0v) is 12.4. The number of rotatable bonds is 5. The second-order valence-electron chi connectivity index (χ2n) is 5.76.